The van der Waals surface area contributed by atoms with Crippen molar-refractivity contribution in [1.29, 1.82) is 0 Å². The molecule has 9 aromatic rings. The topological polar surface area (TPSA) is 16.4 Å². The Labute approximate surface area is 281 Å². The van der Waals surface area contributed by atoms with Gasteiger partial charge >= 0.3 is 0 Å². The Bertz CT molecular complexity index is 2600. The van der Waals surface area contributed by atoms with Crippen LogP contribution in [0.1, 0.15) is 0 Å². The molecule has 0 bridgehead atoms. The second-order valence-electron chi connectivity index (χ2n) is 12.0. The van der Waals surface area contributed by atoms with Crippen molar-refractivity contribution in [3.05, 3.63) is 174 Å². The van der Waals surface area contributed by atoms with Crippen LogP contribution in [0.5, 0.6) is 0 Å². The van der Waals surface area contributed by atoms with E-state index in [0.717, 1.165) is 60.2 Å². The minimum Gasteiger partial charge on any atom is -0.455 e. The van der Waals surface area contributed by atoms with Crippen molar-refractivity contribution in [2.24, 2.45) is 0 Å². The summed E-state index contributed by atoms with van der Waals surface area (Å²) in [6.45, 7) is 0. The van der Waals surface area contributed by atoms with Gasteiger partial charge in [0.05, 0.1) is 0 Å². The maximum atomic E-state index is 6.38. The molecule has 0 saturated carbocycles. The van der Waals surface area contributed by atoms with Crippen LogP contribution in [0.15, 0.2) is 179 Å². The summed E-state index contributed by atoms with van der Waals surface area (Å²) in [7, 11) is 0. The number of furan rings is 1. The Kier molecular flexibility index (Phi) is 6.65. The molecule has 2 nitrogen and oxygen atoms in total. The molecule has 0 amide bonds. The fourth-order valence-corrected chi connectivity index (χ4v) is 7.27. The maximum absolute atomic E-state index is 6.38. The molecule has 47 heavy (non-hydrogen) atoms. The van der Waals surface area contributed by atoms with Crippen molar-refractivity contribution >= 4 is 76.5 Å². The van der Waals surface area contributed by atoms with Crippen molar-refractivity contribution in [2.75, 3.05) is 4.90 Å². The summed E-state index contributed by atoms with van der Waals surface area (Å²) in [5, 5.41) is 7.12. The third-order valence-corrected chi connectivity index (χ3v) is 9.49. The number of hydrogen-bond donors (Lipinski definition) is 0. The molecule has 9 rings (SSSR count). The second kappa shape index (κ2) is 11.3. The fourth-order valence-electron chi connectivity index (χ4n) is 6.78. The van der Waals surface area contributed by atoms with E-state index in [1.807, 2.05) is 12.1 Å². The largest absolute Gasteiger partial charge is 0.455 e. The molecule has 0 aliphatic carbocycles. The minimum absolute atomic E-state index is 0.908. The first kappa shape index (κ1) is 27.7. The summed E-state index contributed by atoms with van der Waals surface area (Å²) >= 11 is 3.80. The highest BCUT2D eigenvalue weighted by Crippen LogP contribution is 2.40. The zero-order chi connectivity index (χ0) is 31.3. The number of benzene rings is 8. The van der Waals surface area contributed by atoms with Gasteiger partial charge in [0.1, 0.15) is 11.2 Å². The van der Waals surface area contributed by atoms with Crippen molar-refractivity contribution in [3.8, 4) is 22.3 Å². The lowest BCUT2D eigenvalue weighted by Crippen LogP contribution is -2.09. The average Bonchev–Trinajstić information content (AvgIpc) is 3.51. The molecule has 1 heterocycles. The first-order chi connectivity index (χ1) is 23.2. The van der Waals surface area contributed by atoms with Crippen LogP contribution in [-0.2, 0) is 0 Å². The van der Waals surface area contributed by atoms with Gasteiger partial charge in [0, 0.05) is 37.9 Å². The van der Waals surface area contributed by atoms with Crippen LogP contribution < -0.4 is 4.90 Å². The molecular weight excluding hydrogens is 638 g/mol. The van der Waals surface area contributed by atoms with E-state index in [1.165, 1.54) is 27.1 Å². The highest BCUT2D eigenvalue weighted by atomic mass is 79.9. The van der Waals surface area contributed by atoms with Crippen molar-refractivity contribution in [3.63, 3.8) is 0 Å². The molecule has 8 aromatic carbocycles. The SMILES string of the molecule is Brc1cc(-c2ccc3cc(N(c4ccccc4)c4ccc5ccccc5c4)ccc3c2)cc(-c2cccc3c2oc2ccccc23)c1. The number of halogens is 1. The zero-order valence-corrected chi connectivity index (χ0v) is 27.0. The predicted octanol–water partition coefficient (Wildman–Crippen LogP) is 13.5. The summed E-state index contributed by atoms with van der Waals surface area (Å²) in [6, 6.07) is 60.5. The lowest BCUT2D eigenvalue weighted by Gasteiger charge is -2.26. The van der Waals surface area contributed by atoms with Gasteiger partial charge in [0.25, 0.3) is 0 Å². The predicted molar refractivity (Wildman–Crippen MR) is 202 cm³/mol. The lowest BCUT2D eigenvalue weighted by molar-refractivity contribution is 0.670. The Morgan fingerprint density at radius 1 is 0.404 bits per heavy atom. The highest BCUT2D eigenvalue weighted by Gasteiger charge is 2.16. The fraction of sp³-hybridized carbons (Fsp3) is 0. The maximum Gasteiger partial charge on any atom is 0.143 e. The van der Waals surface area contributed by atoms with Gasteiger partial charge in [0.15, 0.2) is 0 Å². The third kappa shape index (κ3) is 4.97. The zero-order valence-electron chi connectivity index (χ0n) is 25.4. The normalized spacial score (nSPS) is 11.5. The van der Waals surface area contributed by atoms with Gasteiger partial charge in [-0.1, -0.05) is 119 Å². The summed E-state index contributed by atoms with van der Waals surface area (Å²) in [5.74, 6) is 0. The first-order valence-corrected chi connectivity index (χ1v) is 16.6. The monoisotopic (exact) mass is 665 g/mol. The highest BCUT2D eigenvalue weighted by molar-refractivity contribution is 9.10. The van der Waals surface area contributed by atoms with E-state index in [4.69, 9.17) is 4.42 Å². The summed E-state index contributed by atoms with van der Waals surface area (Å²) in [4.78, 5) is 2.33. The molecule has 1 aromatic heterocycles. The van der Waals surface area contributed by atoms with E-state index in [0.29, 0.717) is 0 Å². The molecule has 222 valence electrons. The van der Waals surface area contributed by atoms with E-state index in [9.17, 15) is 0 Å². The molecular formula is C44H28BrNO. The van der Waals surface area contributed by atoms with Crippen LogP contribution in [0.4, 0.5) is 17.1 Å². The van der Waals surface area contributed by atoms with Crippen LogP contribution in [0.3, 0.4) is 0 Å². The number of fused-ring (bicyclic) bond motifs is 5. The Balaban J connectivity index is 1.12. The van der Waals surface area contributed by atoms with E-state index in [-0.39, 0.29) is 0 Å². The smallest absolute Gasteiger partial charge is 0.143 e. The quantitative estimate of drug-likeness (QED) is 0.182. The Hall–Kier alpha value is -5.64. The van der Waals surface area contributed by atoms with Gasteiger partial charge in [-0.3, -0.25) is 0 Å². The molecule has 0 saturated heterocycles. The standard InChI is InChI=1S/C44H28BrNO/c45-36-25-34(24-35(26-36)40-14-8-15-42-41-13-6-7-16-43(41)47-44(40)42)32-17-18-33-28-39(22-20-31(33)23-32)46(37-11-2-1-3-12-37)38-21-19-29-9-4-5-10-30(29)27-38/h1-28H. The van der Waals surface area contributed by atoms with Crippen LogP contribution >= 0.6 is 15.9 Å². The van der Waals surface area contributed by atoms with Gasteiger partial charge in [-0.15, -0.1) is 0 Å². The van der Waals surface area contributed by atoms with Crippen molar-refractivity contribution in [1.82, 2.24) is 0 Å². The molecule has 3 heteroatoms. The van der Waals surface area contributed by atoms with E-state index in [2.05, 4.69) is 179 Å². The van der Waals surface area contributed by atoms with E-state index in [1.54, 1.807) is 0 Å². The molecule has 0 fully saturated rings. The van der Waals surface area contributed by atoms with Crippen molar-refractivity contribution < 1.29 is 4.42 Å². The van der Waals surface area contributed by atoms with Crippen LogP contribution in [0.2, 0.25) is 0 Å². The third-order valence-electron chi connectivity index (χ3n) is 9.03. The molecule has 0 radical (unpaired) electrons. The van der Waals surface area contributed by atoms with Gasteiger partial charge in [-0.05, 0) is 105 Å². The van der Waals surface area contributed by atoms with Gasteiger partial charge < -0.3 is 9.32 Å². The summed E-state index contributed by atoms with van der Waals surface area (Å²) in [5.41, 5.74) is 9.71. The lowest BCUT2D eigenvalue weighted by atomic mass is 9.96. The molecule has 0 spiro atoms. The first-order valence-electron chi connectivity index (χ1n) is 15.8. The Morgan fingerprint density at radius 2 is 1.04 bits per heavy atom. The van der Waals surface area contributed by atoms with E-state index < -0.39 is 0 Å². The molecule has 0 atom stereocenters. The Morgan fingerprint density at radius 3 is 1.89 bits per heavy atom. The van der Waals surface area contributed by atoms with E-state index >= 15 is 0 Å². The van der Waals surface area contributed by atoms with Gasteiger partial charge in [-0.25, -0.2) is 0 Å². The number of para-hydroxylation sites is 3. The second-order valence-corrected chi connectivity index (χ2v) is 12.9. The molecule has 0 aliphatic rings. The number of hydrogen-bond acceptors (Lipinski definition) is 2. The van der Waals surface area contributed by atoms with Crippen molar-refractivity contribution in [2.45, 2.75) is 0 Å². The molecule has 0 N–H and O–H groups in total. The minimum atomic E-state index is 0.908. The number of anilines is 3. The van der Waals surface area contributed by atoms with Gasteiger partial charge in [-0.2, -0.15) is 0 Å². The average molecular weight is 667 g/mol. The van der Waals surface area contributed by atoms with Crippen LogP contribution in [-0.4, -0.2) is 0 Å². The number of nitrogens with zero attached hydrogens (tertiary/aromatic N) is 1. The summed E-state index contributed by atoms with van der Waals surface area (Å²) in [6.07, 6.45) is 0. The number of rotatable bonds is 5. The summed E-state index contributed by atoms with van der Waals surface area (Å²) < 4.78 is 7.41. The van der Waals surface area contributed by atoms with Crippen LogP contribution in [0.25, 0.3) is 65.7 Å². The molecule has 0 aliphatic heterocycles. The van der Waals surface area contributed by atoms with Crippen LogP contribution in [0, 0.1) is 0 Å². The molecule has 0 unspecified atom stereocenters. The van der Waals surface area contributed by atoms with Gasteiger partial charge in [0.2, 0.25) is 0 Å².